The number of amides is 1. The summed E-state index contributed by atoms with van der Waals surface area (Å²) in [6, 6.07) is 0.733. The lowest BCUT2D eigenvalue weighted by molar-refractivity contribution is -0.135. The van der Waals surface area contributed by atoms with E-state index >= 15 is 0 Å². The third kappa shape index (κ3) is 1.54. The van der Waals surface area contributed by atoms with E-state index in [4.69, 9.17) is 5.73 Å². The number of nitrogens with two attached hydrogens (primary N) is 1. The van der Waals surface area contributed by atoms with Gasteiger partial charge in [0.25, 0.3) is 0 Å². The van der Waals surface area contributed by atoms with E-state index in [1.165, 1.54) is 0 Å². The van der Waals surface area contributed by atoms with E-state index in [-0.39, 0.29) is 11.3 Å². The first kappa shape index (κ1) is 9.97. The van der Waals surface area contributed by atoms with Crippen LogP contribution in [0.4, 0.5) is 0 Å². The van der Waals surface area contributed by atoms with Gasteiger partial charge in [-0.3, -0.25) is 4.79 Å². The van der Waals surface area contributed by atoms with Crippen molar-refractivity contribution in [1.82, 2.24) is 4.90 Å². The molecule has 0 aromatic heterocycles. The average Bonchev–Trinajstić information content (AvgIpc) is 2.67. The predicted octanol–water partition coefficient (Wildman–Crippen LogP) is 0.981. The molecule has 3 nitrogen and oxygen atoms in total. The molecule has 2 aliphatic rings. The Morgan fingerprint density at radius 2 is 1.93 bits per heavy atom. The number of rotatable bonds is 2. The quantitative estimate of drug-likeness (QED) is 0.715. The largest absolute Gasteiger partial charge is 0.342 e. The third-order valence-electron chi connectivity index (χ3n) is 3.86. The molecule has 1 atom stereocenters. The Hall–Kier alpha value is -0.570. The monoisotopic (exact) mass is 196 g/mol. The van der Waals surface area contributed by atoms with Gasteiger partial charge < -0.3 is 10.6 Å². The van der Waals surface area contributed by atoms with Crippen LogP contribution in [0.5, 0.6) is 0 Å². The van der Waals surface area contributed by atoms with Crippen LogP contribution in [-0.4, -0.2) is 29.9 Å². The SMILES string of the molecule is CN(C(=O)C1CC1(C)C)C1CC(N)C1. The second kappa shape index (κ2) is 2.96. The Morgan fingerprint density at radius 1 is 1.43 bits per heavy atom. The van der Waals surface area contributed by atoms with E-state index in [0.717, 1.165) is 19.3 Å². The van der Waals surface area contributed by atoms with Crippen LogP contribution >= 0.6 is 0 Å². The minimum atomic E-state index is 0.247. The van der Waals surface area contributed by atoms with Crippen LogP contribution in [0.15, 0.2) is 0 Å². The van der Waals surface area contributed by atoms with E-state index in [9.17, 15) is 4.79 Å². The van der Waals surface area contributed by atoms with Crippen molar-refractivity contribution in [2.45, 2.75) is 45.2 Å². The van der Waals surface area contributed by atoms with Crippen molar-refractivity contribution < 1.29 is 4.79 Å². The number of nitrogens with zero attached hydrogens (tertiary/aromatic N) is 1. The fraction of sp³-hybridized carbons (Fsp3) is 0.909. The fourth-order valence-electron chi connectivity index (χ4n) is 2.26. The van der Waals surface area contributed by atoms with Crippen molar-refractivity contribution in [2.75, 3.05) is 7.05 Å². The maximum Gasteiger partial charge on any atom is 0.226 e. The summed E-state index contributed by atoms with van der Waals surface area (Å²) in [5.41, 5.74) is 5.96. The summed E-state index contributed by atoms with van der Waals surface area (Å²) in [6.45, 7) is 4.33. The van der Waals surface area contributed by atoms with Gasteiger partial charge >= 0.3 is 0 Å². The molecule has 3 heteroatoms. The van der Waals surface area contributed by atoms with Crippen molar-refractivity contribution >= 4 is 5.91 Å². The lowest BCUT2D eigenvalue weighted by Gasteiger charge is -2.39. The smallest absolute Gasteiger partial charge is 0.226 e. The Bertz CT molecular complexity index is 256. The minimum absolute atomic E-state index is 0.247. The summed E-state index contributed by atoms with van der Waals surface area (Å²) in [5, 5.41) is 0. The number of hydrogen-bond donors (Lipinski definition) is 1. The van der Waals surface area contributed by atoms with Gasteiger partial charge in [-0.2, -0.15) is 0 Å². The molecule has 1 amide bonds. The van der Waals surface area contributed by atoms with E-state index in [1.54, 1.807) is 0 Å². The molecule has 2 N–H and O–H groups in total. The molecule has 2 fully saturated rings. The lowest BCUT2D eigenvalue weighted by atomic mass is 9.86. The van der Waals surface area contributed by atoms with Crippen LogP contribution in [0.25, 0.3) is 0 Å². The lowest BCUT2D eigenvalue weighted by Crippen LogP contribution is -2.51. The number of carbonyl (C=O) groups excluding carboxylic acids is 1. The maximum absolute atomic E-state index is 11.9. The summed E-state index contributed by atoms with van der Waals surface area (Å²) in [6.07, 6.45) is 3.01. The van der Waals surface area contributed by atoms with E-state index in [1.807, 2.05) is 11.9 Å². The predicted molar refractivity (Wildman–Crippen MR) is 55.7 cm³/mol. The molecule has 2 aliphatic carbocycles. The highest BCUT2D eigenvalue weighted by molar-refractivity contribution is 5.82. The van der Waals surface area contributed by atoms with Gasteiger partial charge in [-0.1, -0.05) is 13.8 Å². The zero-order valence-corrected chi connectivity index (χ0v) is 9.29. The summed E-state index contributed by atoms with van der Waals surface area (Å²) in [5.74, 6) is 0.594. The molecule has 0 saturated heterocycles. The highest BCUT2D eigenvalue weighted by atomic mass is 16.2. The van der Waals surface area contributed by atoms with Crippen LogP contribution in [0.1, 0.15) is 33.1 Å². The Kier molecular flexibility index (Phi) is 2.11. The molecule has 2 rings (SSSR count). The normalized spacial score (nSPS) is 38.7. The topological polar surface area (TPSA) is 46.3 Å². The fourth-order valence-corrected chi connectivity index (χ4v) is 2.26. The van der Waals surface area contributed by atoms with Gasteiger partial charge in [0.1, 0.15) is 0 Å². The Morgan fingerprint density at radius 3 is 2.29 bits per heavy atom. The first-order valence-corrected chi connectivity index (χ1v) is 5.44. The van der Waals surface area contributed by atoms with E-state index in [0.29, 0.717) is 18.0 Å². The summed E-state index contributed by atoms with van der Waals surface area (Å²) in [7, 11) is 1.92. The molecular formula is C11H20N2O. The van der Waals surface area contributed by atoms with Crippen molar-refractivity contribution in [1.29, 1.82) is 0 Å². The summed E-state index contributed by atoms with van der Waals surface area (Å²) >= 11 is 0. The second-order valence-electron chi connectivity index (χ2n) is 5.58. The van der Waals surface area contributed by atoms with Gasteiger partial charge in [-0.25, -0.2) is 0 Å². The van der Waals surface area contributed by atoms with Gasteiger partial charge in [0.05, 0.1) is 0 Å². The van der Waals surface area contributed by atoms with E-state index in [2.05, 4.69) is 13.8 Å². The number of hydrogen-bond acceptors (Lipinski definition) is 2. The van der Waals surface area contributed by atoms with Crippen molar-refractivity contribution in [3.8, 4) is 0 Å². The minimum Gasteiger partial charge on any atom is -0.342 e. The van der Waals surface area contributed by atoms with Gasteiger partial charge in [0.2, 0.25) is 5.91 Å². The van der Waals surface area contributed by atoms with Gasteiger partial charge in [-0.15, -0.1) is 0 Å². The molecule has 80 valence electrons. The summed E-state index contributed by atoms with van der Waals surface area (Å²) < 4.78 is 0. The summed E-state index contributed by atoms with van der Waals surface area (Å²) in [4.78, 5) is 13.9. The van der Waals surface area contributed by atoms with Crippen LogP contribution in [0, 0.1) is 11.3 Å². The standard InChI is InChI=1S/C11H20N2O/c1-11(2)6-9(11)10(14)13(3)8-4-7(12)5-8/h7-9H,4-6,12H2,1-3H3. The highest BCUT2D eigenvalue weighted by Gasteiger charge is 2.52. The third-order valence-corrected chi connectivity index (χ3v) is 3.86. The number of carbonyl (C=O) groups is 1. The Balaban J connectivity index is 1.87. The first-order valence-electron chi connectivity index (χ1n) is 5.44. The van der Waals surface area contributed by atoms with Gasteiger partial charge in [0.15, 0.2) is 0 Å². The zero-order chi connectivity index (χ0) is 10.5. The first-order chi connectivity index (χ1) is 6.42. The van der Waals surface area contributed by atoms with Crippen molar-refractivity contribution in [2.24, 2.45) is 17.1 Å². The van der Waals surface area contributed by atoms with Crippen LogP contribution in [0.3, 0.4) is 0 Å². The molecule has 1 unspecified atom stereocenters. The average molecular weight is 196 g/mol. The van der Waals surface area contributed by atoms with Crippen LogP contribution in [0.2, 0.25) is 0 Å². The molecule has 0 spiro atoms. The van der Waals surface area contributed by atoms with Crippen LogP contribution < -0.4 is 5.73 Å². The molecule has 0 aromatic carbocycles. The molecule has 2 saturated carbocycles. The van der Waals surface area contributed by atoms with Crippen molar-refractivity contribution in [3.63, 3.8) is 0 Å². The highest BCUT2D eigenvalue weighted by Crippen LogP contribution is 2.52. The van der Waals surface area contributed by atoms with Crippen molar-refractivity contribution in [3.05, 3.63) is 0 Å². The molecule has 0 aromatic rings. The van der Waals surface area contributed by atoms with Gasteiger partial charge in [-0.05, 0) is 24.7 Å². The van der Waals surface area contributed by atoms with Gasteiger partial charge in [0, 0.05) is 25.0 Å². The molecule has 14 heavy (non-hydrogen) atoms. The molecule has 0 bridgehead atoms. The molecular weight excluding hydrogens is 176 g/mol. The van der Waals surface area contributed by atoms with E-state index < -0.39 is 0 Å². The maximum atomic E-state index is 11.9. The second-order valence-corrected chi connectivity index (χ2v) is 5.58. The molecule has 0 radical (unpaired) electrons. The molecule has 0 aliphatic heterocycles. The van der Waals surface area contributed by atoms with Crippen LogP contribution in [-0.2, 0) is 4.79 Å². The Labute approximate surface area is 85.6 Å². The zero-order valence-electron chi connectivity index (χ0n) is 9.29. The molecule has 0 heterocycles.